The average molecular weight is 281 g/mol. The maximum Gasteiger partial charge on any atom is 0.0415 e. The molecule has 0 spiro atoms. The highest BCUT2D eigenvalue weighted by molar-refractivity contribution is 6.30. The van der Waals surface area contributed by atoms with E-state index in [4.69, 9.17) is 17.3 Å². The average Bonchev–Trinajstić information content (AvgIpc) is 2.89. The molecule has 1 aromatic rings. The van der Waals surface area contributed by atoms with Crippen LogP contribution in [0.3, 0.4) is 0 Å². The molecule has 0 heterocycles. The molecule has 3 heteroatoms. The third-order valence-corrected chi connectivity index (χ3v) is 4.13. The topological polar surface area (TPSA) is 29.3 Å². The molecule has 0 aromatic heterocycles. The Kier molecular flexibility index (Phi) is 5.12. The number of anilines is 1. The SMILES string of the molecule is CC(C)CN(c1ccc(Cl)cc1CN)C1CCCC1. The van der Waals surface area contributed by atoms with E-state index in [0.717, 1.165) is 11.6 Å². The van der Waals surface area contributed by atoms with Crippen molar-refractivity contribution in [2.75, 3.05) is 11.4 Å². The van der Waals surface area contributed by atoms with Gasteiger partial charge in [0, 0.05) is 29.8 Å². The van der Waals surface area contributed by atoms with Crippen LogP contribution in [0, 0.1) is 5.92 Å². The summed E-state index contributed by atoms with van der Waals surface area (Å²) in [6.45, 7) is 6.20. The van der Waals surface area contributed by atoms with Crippen molar-refractivity contribution in [1.82, 2.24) is 0 Å². The van der Waals surface area contributed by atoms with Crippen LogP contribution in [0.1, 0.15) is 45.1 Å². The summed E-state index contributed by atoms with van der Waals surface area (Å²) in [7, 11) is 0. The van der Waals surface area contributed by atoms with Crippen molar-refractivity contribution in [3.05, 3.63) is 28.8 Å². The lowest BCUT2D eigenvalue weighted by molar-refractivity contribution is 0.534. The number of hydrogen-bond donors (Lipinski definition) is 1. The first kappa shape index (κ1) is 14.7. The van der Waals surface area contributed by atoms with Gasteiger partial charge in [-0.15, -0.1) is 0 Å². The third-order valence-electron chi connectivity index (χ3n) is 3.90. The van der Waals surface area contributed by atoms with Crippen LogP contribution in [0.25, 0.3) is 0 Å². The van der Waals surface area contributed by atoms with Crippen molar-refractivity contribution in [2.45, 2.75) is 52.1 Å². The van der Waals surface area contributed by atoms with Crippen molar-refractivity contribution in [3.63, 3.8) is 0 Å². The molecule has 2 nitrogen and oxygen atoms in total. The molecule has 0 atom stereocenters. The van der Waals surface area contributed by atoms with Crippen LogP contribution in [0.4, 0.5) is 5.69 Å². The molecule has 0 aliphatic heterocycles. The molecule has 2 rings (SSSR count). The van der Waals surface area contributed by atoms with Crippen LogP contribution >= 0.6 is 11.6 Å². The van der Waals surface area contributed by atoms with Gasteiger partial charge in [-0.1, -0.05) is 38.3 Å². The number of nitrogens with two attached hydrogens (primary N) is 1. The first-order chi connectivity index (χ1) is 9.11. The molecular weight excluding hydrogens is 256 g/mol. The first-order valence-corrected chi connectivity index (χ1v) is 7.74. The van der Waals surface area contributed by atoms with Gasteiger partial charge in [-0.2, -0.15) is 0 Å². The number of nitrogens with zero attached hydrogens (tertiary/aromatic N) is 1. The summed E-state index contributed by atoms with van der Waals surface area (Å²) in [5.74, 6) is 0.655. The number of rotatable bonds is 5. The van der Waals surface area contributed by atoms with Gasteiger partial charge in [-0.3, -0.25) is 0 Å². The zero-order valence-corrected chi connectivity index (χ0v) is 12.8. The number of benzene rings is 1. The summed E-state index contributed by atoms with van der Waals surface area (Å²) in [6, 6.07) is 6.82. The Morgan fingerprint density at radius 3 is 2.58 bits per heavy atom. The molecule has 19 heavy (non-hydrogen) atoms. The second kappa shape index (κ2) is 6.62. The van der Waals surface area contributed by atoms with Gasteiger partial charge in [-0.25, -0.2) is 0 Å². The molecule has 2 N–H and O–H groups in total. The molecule has 0 amide bonds. The second-order valence-corrected chi connectivity index (χ2v) is 6.40. The normalized spacial score (nSPS) is 16.3. The van der Waals surface area contributed by atoms with Crippen molar-refractivity contribution in [2.24, 2.45) is 11.7 Å². The summed E-state index contributed by atoms with van der Waals surface area (Å²) in [5.41, 5.74) is 8.35. The number of hydrogen-bond acceptors (Lipinski definition) is 2. The molecule has 0 saturated heterocycles. The van der Waals surface area contributed by atoms with E-state index in [1.54, 1.807) is 0 Å². The minimum absolute atomic E-state index is 0.553. The molecule has 1 aromatic carbocycles. The predicted molar refractivity (Wildman–Crippen MR) is 83.8 cm³/mol. The van der Waals surface area contributed by atoms with Crippen LogP contribution in [0.5, 0.6) is 0 Å². The molecule has 0 unspecified atom stereocenters. The van der Waals surface area contributed by atoms with Gasteiger partial charge in [0.2, 0.25) is 0 Å². The van der Waals surface area contributed by atoms with Crippen LogP contribution in [-0.4, -0.2) is 12.6 Å². The van der Waals surface area contributed by atoms with E-state index in [1.807, 2.05) is 12.1 Å². The molecule has 0 bridgehead atoms. The van der Waals surface area contributed by atoms with E-state index < -0.39 is 0 Å². The Labute approximate surface area is 121 Å². The number of halogens is 1. The highest BCUT2D eigenvalue weighted by Crippen LogP contribution is 2.32. The van der Waals surface area contributed by atoms with E-state index >= 15 is 0 Å². The summed E-state index contributed by atoms with van der Waals surface area (Å²) >= 11 is 6.09. The maximum atomic E-state index is 6.09. The zero-order chi connectivity index (χ0) is 13.8. The quantitative estimate of drug-likeness (QED) is 0.876. The molecule has 0 radical (unpaired) electrons. The summed E-state index contributed by atoms with van der Waals surface area (Å²) in [4.78, 5) is 2.57. The molecular formula is C16H25ClN2. The predicted octanol–water partition coefficient (Wildman–Crippen LogP) is 4.20. The second-order valence-electron chi connectivity index (χ2n) is 5.96. The van der Waals surface area contributed by atoms with Gasteiger partial charge < -0.3 is 10.6 Å². The van der Waals surface area contributed by atoms with E-state index in [9.17, 15) is 0 Å². The minimum atomic E-state index is 0.553. The van der Waals surface area contributed by atoms with Crippen molar-refractivity contribution >= 4 is 17.3 Å². The fourth-order valence-electron chi connectivity index (χ4n) is 3.05. The lowest BCUT2D eigenvalue weighted by Crippen LogP contribution is -2.37. The van der Waals surface area contributed by atoms with Crippen LogP contribution in [0.2, 0.25) is 5.02 Å². The van der Waals surface area contributed by atoms with Crippen LogP contribution < -0.4 is 10.6 Å². The lowest BCUT2D eigenvalue weighted by atomic mass is 10.1. The van der Waals surface area contributed by atoms with Crippen LogP contribution in [0.15, 0.2) is 18.2 Å². The van der Waals surface area contributed by atoms with Gasteiger partial charge in [0.1, 0.15) is 0 Å². The fraction of sp³-hybridized carbons (Fsp3) is 0.625. The lowest BCUT2D eigenvalue weighted by Gasteiger charge is -2.34. The van der Waals surface area contributed by atoms with Gasteiger partial charge in [0.25, 0.3) is 0 Å². The maximum absolute atomic E-state index is 6.09. The third kappa shape index (κ3) is 3.64. The largest absolute Gasteiger partial charge is 0.368 e. The molecule has 1 aliphatic rings. The van der Waals surface area contributed by atoms with Crippen LogP contribution in [-0.2, 0) is 6.54 Å². The zero-order valence-electron chi connectivity index (χ0n) is 12.0. The molecule has 1 aliphatic carbocycles. The first-order valence-electron chi connectivity index (χ1n) is 7.37. The summed E-state index contributed by atoms with van der Waals surface area (Å²) in [6.07, 6.45) is 5.31. The Bertz CT molecular complexity index is 411. The highest BCUT2D eigenvalue weighted by Gasteiger charge is 2.24. The van der Waals surface area contributed by atoms with Gasteiger partial charge in [-0.05, 0) is 42.5 Å². The Hall–Kier alpha value is -0.730. The van der Waals surface area contributed by atoms with Crippen molar-refractivity contribution < 1.29 is 0 Å². The van der Waals surface area contributed by atoms with E-state index in [1.165, 1.54) is 36.9 Å². The monoisotopic (exact) mass is 280 g/mol. The smallest absolute Gasteiger partial charge is 0.0415 e. The summed E-state index contributed by atoms with van der Waals surface area (Å²) in [5, 5.41) is 0.778. The Morgan fingerprint density at radius 2 is 2.00 bits per heavy atom. The highest BCUT2D eigenvalue weighted by atomic mass is 35.5. The van der Waals surface area contributed by atoms with Gasteiger partial charge >= 0.3 is 0 Å². The molecule has 1 saturated carbocycles. The van der Waals surface area contributed by atoms with Crippen molar-refractivity contribution in [3.8, 4) is 0 Å². The Morgan fingerprint density at radius 1 is 1.32 bits per heavy atom. The molecule has 1 fully saturated rings. The molecule has 106 valence electrons. The van der Waals surface area contributed by atoms with Gasteiger partial charge in [0.15, 0.2) is 0 Å². The van der Waals surface area contributed by atoms with E-state index in [-0.39, 0.29) is 0 Å². The standard InChI is InChI=1S/C16H25ClN2/c1-12(2)11-19(15-5-3-4-6-15)16-8-7-14(17)9-13(16)10-18/h7-9,12,15H,3-6,10-11,18H2,1-2H3. The summed E-state index contributed by atoms with van der Waals surface area (Å²) < 4.78 is 0. The van der Waals surface area contributed by atoms with Crippen molar-refractivity contribution in [1.29, 1.82) is 0 Å². The minimum Gasteiger partial charge on any atom is -0.368 e. The van der Waals surface area contributed by atoms with E-state index in [2.05, 4.69) is 24.8 Å². The van der Waals surface area contributed by atoms with Gasteiger partial charge in [0.05, 0.1) is 0 Å². The Balaban J connectivity index is 2.30. The van der Waals surface area contributed by atoms with E-state index in [0.29, 0.717) is 18.5 Å². The fourth-order valence-corrected chi connectivity index (χ4v) is 3.25.